The van der Waals surface area contributed by atoms with Gasteiger partial charge in [0.1, 0.15) is 5.60 Å². The van der Waals surface area contributed by atoms with Crippen LogP contribution in [0.25, 0.3) is 0 Å². The van der Waals surface area contributed by atoms with Crippen molar-refractivity contribution in [2.75, 3.05) is 13.1 Å². The summed E-state index contributed by atoms with van der Waals surface area (Å²) < 4.78 is 5.34. The standard InChI is InChI=1S/C21H36N2O3/c1-20(2,3)12-13-22-15-18(24)17(14-16-10-8-7-9-11-16)23-19(25)26-21(4,5)6/h7-11,17-18,22,24H,12-15H2,1-6H3,(H,23,25)/t17-,18+/m0/s1. The zero-order valence-corrected chi connectivity index (χ0v) is 17.1. The molecule has 2 atom stereocenters. The fourth-order valence-corrected chi connectivity index (χ4v) is 2.47. The third-order valence-corrected chi connectivity index (χ3v) is 3.87. The Morgan fingerprint density at radius 1 is 1.12 bits per heavy atom. The molecular formula is C21H36N2O3. The first-order valence-corrected chi connectivity index (χ1v) is 9.38. The van der Waals surface area contributed by atoms with Gasteiger partial charge in [-0.05, 0) is 51.1 Å². The highest BCUT2D eigenvalue weighted by Crippen LogP contribution is 2.17. The molecule has 0 fully saturated rings. The summed E-state index contributed by atoms with van der Waals surface area (Å²) in [4.78, 5) is 12.2. The van der Waals surface area contributed by atoms with Crippen molar-refractivity contribution >= 4 is 6.09 Å². The predicted molar refractivity (Wildman–Crippen MR) is 106 cm³/mol. The van der Waals surface area contributed by atoms with Crippen LogP contribution < -0.4 is 10.6 Å². The van der Waals surface area contributed by atoms with E-state index in [0.717, 1.165) is 18.5 Å². The molecule has 0 aliphatic rings. The summed E-state index contributed by atoms with van der Waals surface area (Å²) in [5.74, 6) is 0. The predicted octanol–water partition coefficient (Wildman–Crippen LogP) is 3.51. The molecule has 0 radical (unpaired) electrons. The van der Waals surface area contributed by atoms with Gasteiger partial charge in [0.15, 0.2) is 0 Å². The van der Waals surface area contributed by atoms with Crippen LogP contribution in [0.2, 0.25) is 0 Å². The van der Waals surface area contributed by atoms with Crippen molar-refractivity contribution in [3.05, 3.63) is 35.9 Å². The van der Waals surface area contributed by atoms with Gasteiger partial charge in [-0.25, -0.2) is 4.79 Å². The second-order valence-electron chi connectivity index (χ2n) is 9.02. The highest BCUT2D eigenvalue weighted by atomic mass is 16.6. The molecule has 3 N–H and O–H groups in total. The van der Waals surface area contributed by atoms with Crippen LogP contribution in [0.15, 0.2) is 30.3 Å². The molecule has 0 heterocycles. The first-order valence-electron chi connectivity index (χ1n) is 9.38. The number of hydrogen-bond donors (Lipinski definition) is 3. The van der Waals surface area contributed by atoms with E-state index in [9.17, 15) is 9.90 Å². The minimum atomic E-state index is -0.706. The molecule has 148 valence electrons. The van der Waals surface area contributed by atoms with Crippen LogP contribution in [0, 0.1) is 5.41 Å². The number of aliphatic hydroxyl groups excluding tert-OH is 1. The summed E-state index contributed by atoms with van der Waals surface area (Å²) in [7, 11) is 0. The lowest BCUT2D eigenvalue weighted by atomic mass is 9.92. The van der Waals surface area contributed by atoms with Crippen LogP contribution in [0.4, 0.5) is 4.79 Å². The lowest BCUT2D eigenvalue weighted by molar-refractivity contribution is 0.0422. The Balaban J connectivity index is 2.65. The van der Waals surface area contributed by atoms with Crippen molar-refractivity contribution in [3.8, 4) is 0 Å². The van der Waals surface area contributed by atoms with Gasteiger partial charge in [-0.15, -0.1) is 0 Å². The molecule has 1 aromatic carbocycles. The fraction of sp³-hybridized carbons (Fsp3) is 0.667. The van der Waals surface area contributed by atoms with E-state index >= 15 is 0 Å². The number of ether oxygens (including phenoxy) is 1. The minimum absolute atomic E-state index is 0.246. The van der Waals surface area contributed by atoms with Gasteiger partial charge in [-0.3, -0.25) is 0 Å². The van der Waals surface area contributed by atoms with Gasteiger partial charge in [-0.1, -0.05) is 51.1 Å². The van der Waals surface area contributed by atoms with Crippen LogP contribution in [-0.4, -0.2) is 42.0 Å². The summed E-state index contributed by atoms with van der Waals surface area (Å²) in [6.45, 7) is 13.3. The van der Waals surface area contributed by atoms with E-state index in [4.69, 9.17) is 4.74 Å². The Morgan fingerprint density at radius 3 is 2.27 bits per heavy atom. The number of carbonyl (C=O) groups is 1. The number of alkyl carbamates (subject to hydrolysis) is 1. The van der Waals surface area contributed by atoms with Crippen molar-refractivity contribution in [1.82, 2.24) is 10.6 Å². The zero-order valence-electron chi connectivity index (χ0n) is 17.1. The van der Waals surface area contributed by atoms with Crippen molar-refractivity contribution in [1.29, 1.82) is 0 Å². The average molecular weight is 365 g/mol. The summed E-state index contributed by atoms with van der Waals surface area (Å²) in [5.41, 5.74) is 0.732. The molecule has 0 aliphatic carbocycles. The van der Waals surface area contributed by atoms with E-state index in [2.05, 4.69) is 31.4 Å². The molecule has 1 aromatic rings. The SMILES string of the molecule is CC(C)(C)CCNC[C@@H](O)[C@H](Cc1ccccc1)NC(=O)OC(C)(C)C. The highest BCUT2D eigenvalue weighted by molar-refractivity contribution is 5.68. The summed E-state index contributed by atoms with van der Waals surface area (Å²) >= 11 is 0. The van der Waals surface area contributed by atoms with Gasteiger partial charge in [0.2, 0.25) is 0 Å². The van der Waals surface area contributed by atoms with Crippen molar-refractivity contribution < 1.29 is 14.6 Å². The molecule has 0 aliphatic heterocycles. The largest absolute Gasteiger partial charge is 0.444 e. The molecule has 1 rings (SSSR count). The quantitative estimate of drug-likeness (QED) is 0.617. The lowest BCUT2D eigenvalue weighted by Crippen LogP contribution is -2.50. The van der Waals surface area contributed by atoms with Gasteiger partial charge in [-0.2, -0.15) is 0 Å². The number of carbonyl (C=O) groups excluding carboxylic acids is 1. The lowest BCUT2D eigenvalue weighted by Gasteiger charge is -2.27. The van der Waals surface area contributed by atoms with E-state index in [1.54, 1.807) is 0 Å². The number of amides is 1. The second-order valence-corrected chi connectivity index (χ2v) is 9.02. The van der Waals surface area contributed by atoms with E-state index in [-0.39, 0.29) is 5.41 Å². The average Bonchev–Trinajstić information content (AvgIpc) is 2.49. The third-order valence-electron chi connectivity index (χ3n) is 3.87. The Hall–Kier alpha value is -1.59. The Kier molecular flexibility index (Phi) is 8.57. The topological polar surface area (TPSA) is 70.6 Å². The van der Waals surface area contributed by atoms with Gasteiger partial charge >= 0.3 is 6.09 Å². The molecule has 0 saturated heterocycles. The molecule has 5 heteroatoms. The third kappa shape index (κ3) is 10.4. The molecular weight excluding hydrogens is 328 g/mol. The molecule has 5 nitrogen and oxygen atoms in total. The Labute approximate surface area is 158 Å². The van der Waals surface area contributed by atoms with Crippen molar-refractivity contribution in [2.24, 2.45) is 5.41 Å². The van der Waals surface area contributed by atoms with Gasteiger partial charge < -0.3 is 20.5 Å². The smallest absolute Gasteiger partial charge is 0.407 e. The van der Waals surface area contributed by atoms with E-state index in [1.807, 2.05) is 51.1 Å². The highest BCUT2D eigenvalue weighted by Gasteiger charge is 2.25. The zero-order chi connectivity index (χ0) is 19.8. The van der Waals surface area contributed by atoms with Crippen LogP contribution in [-0.2, 0) is 11.2 Å². The number of hydrogen-bond acceptors (Lipinski definition) is 4. The molecule has 1 amide bonds. The van der Waals surface area contributed by atoms with Gasteiger partial charge in [0, 0.05) is 6.54 Å². The summed E-state index contributed by atoms with van der Waals surface area (Å²) in [6, 6.07) is 9.41. The van der Waals surface area contributed by atoms with Gasteiger partial charge in [0.05, 0.1) is 12.1 Å². The minimum Gasteiger partial charge on any atom is -0.444 e. The normalized spacial score (nSPS) is 14.6. The van der Waals surface area contributed by atoms with Crippen LogP contribution >= 0.6 is 0 Å². The van der Waals surface area contributed by atoms with Gasteiger partial charge in [0.25, 0.3) is 0 Å². The molecule has 0 unspecified atom stereocenters. The molecule has 0 saturated carbocycles. The first kappa shape index (κ1) is 22.5. The number of benzene rings is 1. The van der Waals surface area contributed by atoms with Crippen LogP contribution in [0.1, 0.15) is 53.5 Å². The number of rotatable bonds is 8. The van der Waals surface area contributed by atoms with Crippen LogP contribution in [0.3, 0.4) is 0 Å². The molecule has 26 heavy (non-hydrogen) atoms. The molecule has 0 spiro atoms. The molecule has 0 bridgehead atoms. The van der Waals surface area contributed by atoms with E-state index in [1.165, 1.54) is 0 Å². The summed E-state index contributed by atoms with van der Waals surface area (Å²) in [5, 5.41) is 16.7. The monoisotopic (exact) mass is 364 g/mol. The summed E-state index contributed by atoms with van der Waals surface area (Å²) in [6.07, 6.45) is 0.347. The Bertz CT molecular complexity index is 532. The fourth-order valence-electron chi connectivity index (χ4n) is 2.47. The Morgan fingerprint density at radius 2 is 1.73 bits per heavy atom. The first-order chi connectivity index (χ1) is 12.0. The number of aliphatic hydroxyl groups is 1. The number of nitrogens with one attached hydrogen (secondary N) is 2. The maximum Gasteiger partial charge on any atom is 0.407 e. The van der Waals surface area contributed by atoms with Crippen molar-refractivity contribution in [2.45, 2.75) is 72.1 Å². The van der Waals surface area contributed by atoms with Crippen LogP contribution in [0.5, 0.6) is 0 Å². The molecule has 0 aromatic heterocycles. The van der Waals surface area contributed by atoms with Crippen molar-refractivity contribution in [3.63, 3.8) is 0 Å². The van der Waals surface area contributed by atoms with E-state index in [0.29, 0.717) is 13.0 Å². The maximum atomic E-state index is 12.2. The maximum absolute atomic E-state index is 12.2. The second kappa shape index (κ2) is 9.93. The van der Waals surface area contributed by atoms with E-state index < -0.39 is 23.8 Å².